The van der Waals surface area contributed by atoms with Gasteiger partial charge in [-0.1, -0.05) is 37.3 Å². The lowest BCUT2D eigenvalue weighted by molar-refractivity contribution is -0.139. The third kappa shape index (κ3) is 4.75. The van der Waals surface area contributed by atoms with Gasteiger partial charge in [-0.15, -0.1) is 12.4 Å². The predicted molar refractivity (Wildman–Crippen MR) is 71.8 cm³/mol. The van der Waals surface area contributed by atoms with Gasteiger partial charge in [-0.3, -0.25) is 4.79 Å². The summed E-state index contributed by atoms with van der Waals surface area (Å²) in [5, 5.41) is 11.9. The maximum absolute atomic E-state index is 10.7. The van der Waals surface area contributed by atoms with Crippen molar-refractivity contribution in [2.45, 2.75) is 38.8 Å². The fourth-order valence-electron chi connectivity index (χ4n) is 1.66. The van der Waals surface area contributed by atoms with Crippen LogP contribution in [0.1, 0.15) is 32.3 Å². The molecule has 0 aliphatic rings. The zero-order valence-corrected chi connectivity index (χ0v) is 11.2. The maximum atomic E-state index is 10.7. The van der Waals surface area contributed by atoms with Crippen molar-refractivity contribution in [3.63, 3.8) is 0 Å². The van der Waals surface area contributed by atoms with E-state index in [-0.39, 0.29) is 18.4 Å². The number of benzene rings is 1. The Kier molecular flexibility index (Phi) is 6.85. The van der Waals surface area contributed by atoms with Crippen LogP contribution in [-0.2, 0) is 4.79 Å². The first-order chi connectivity index (χ1) is 7.52. The molecule has 0 amide bonds. The summed E-state index contributed by atoms with van der Waals surface area (Å²) in [6.07, 6.45) is 0. The summed E-state index contributed by atoms with van der Waals surface area (Å²) >= 11 is 0. The van der Waals surface area contributed by atoms with Gasteiger partial charge >= 0.3 is 5.97 Å². The van der Waals surface area contributed by atoms with Gasteiger partial charge in [0, 0.05) is 6.04 Å². The molecule has 3 atom stereocenters. The Morgan fingerprint density at radius 3 is 2.18 bits per heavy atom. The van der Waals surface area contributed by atoms with Crippen molar-refractivity contribution < 1.29 is 9.90 Å². The van der Waals surface area contributed by atoms with E-state index < -0.39 is 12.0 Å². The van der Waals surface area contributed by atoms with Gasteiger partial charge in [-0.05, 0) is 25.3 Å². The molecular weight excluding hydrogens is 238 g/mol. The largest absolute Gasteiger partial charge is 0.480 e. The number of halogens is 1. The second-order valence-corrected chi connectivity index (χ2v) is 4.21. The average Bonchev–Trinajstić information content (AvgIpc) is 2.28. The summed E-state index contributed by atoms with van der Waals surface area (Å²) in [6, 6.07) is 9.73. The van der Waals surface area contributed by atoms with E-state index >= 15 is 0 Å². The number of rotatable bonds is 5. The Balaban J connectivity index is 0.00000256. The van der Waals surface area contributed by atoms with E-state index in [0.29, 0.717) is 5.92 Å². The first kappa shape index (κ1) is 15.9. The molecule has 1 aromatic rings. The van der Waals surface area contributed by atoms with E-state index in [4.69, 9.17) is 5.11 Å². The van der Waals surface area contributed by atoms with Crippen molar-refractivity contribution in [1.82, 2.24) is 5.32 Å². The quantitative estimate of drug-likeness (QED) is 0.853. The standard InChI is InChI=1S/C13H19NO2.ClH/c1-9(12-7-5-4-6-8-12)10(2)14-11(3)13(15)16;/h4-11,14H,1-3H3,(H,15,16);1H. The molecule has 3 unspecified atom stereocenters. The van der Waals surface area contributed by atoms with Crippen LogP contribution in [0.5, 0.6) is 0 Å². The number of hydrogen-bond acceptors (Lipinski definition) is 2. The Bertz CT molecular complexity index is 343. The van der Waals surface area contributed by atoms with Crippen LogP contribution < -0.4 is 5.32 Å². The molecule has 3 nitrogen and oxygen atoms in total. The minimum Gasteiger partial charge on any atom is -0.480 e. The number of carbonyl (C=O) groups is 1. The van der Waals surface area contributed by atoms with Gasteiger partial charge in [0.2, 0.25) is 0 Å². The lowest BCUT2D eigenvalue weighted by Gasteiger charge is -2.23. The van der Waals surface area contributed by atoms with E-state index in [2.05, 4.69) is 24.4 Å². The molecule has 0 aliphatic heterocycles. The number of carboxylic acids is 1. The van der Waals surface area contributed by atoms with Gasteiger partial charge in [0.25, 0.3) is 0 Å². The predicted octanol–water partition coefficient (Wildman–Crippen LogP) is 2.66. The van der Waals surface area contributed by atoms with Crippen molar-refractivity contribution in [2.75, 3.05) is 0 Å². The topological polar surface area (TPSA) is 49.3 Å². The van der Waals surface area contributed by atoms with E-state index in [1.807, 2.05) is 25.1 Å². The van der Waals surface area contributed by atoms with Crippen LogP contribution in [-0.4, -0.2) is 23.2 Å². The summed E-state index contributed by atoms with van der Waals surface area (Å²) in [6.45, 7) is 5.77. The van der Waals surface area contributed by atoms with Crippen molar-refractivity contribution in [2.24, 2.45) is 0 Å². The molecule has 1 rings (SSSR count). The van der Waals surface area contributed by atoms with Crippen molar-refractivity contribution >= 4 is 18.4 Å². The van der Waals surface area contributed by atoms with Crippen LogP contribution in [0.15, 0.2) is 30.3 Å². The second kappa shape index (κ2) is 7.30. The van der Waals surface area contributed by atoms with Crippen LogP contribution in [0.2, 0.25) is 0 Å². The van der Waals surface area contributed by atoms with Gasteiger partial charge in [0.1, 0.15) is 6.04 Å². The highest BCUT2D eigenvalue weighted by molar-refractivity contribution is 5.85. The van der Waals surface area contributed by atoms with Gasteiger partial charge in [0.15, 0.2) is 0 Å². The molecule has 0 aromatic heterocycles. The minimum atomic E-state index is -0.813. The van der Waals surface area contributed by atoms with Crippen LogP contribution >= 0.6 is 12.4 Å². The molecule has 96 valence electrons. The number of nitrogens with one attached hydrogen (secondary N) is 1. The molecule has 0 aliphatic carbocycles. The highest BCUT2D eigenvalue weighted by Crippen LogP contribution is 2.18. The van der Waals surface area contributed by atoms with Crippen molar-refractivity contribution in [3.05, 3.63) is 35.9 Å². The summed E-state index contributed by atoms with van der Waals surface area (Å²) in [5.41, 5.74) is 1.22. The zero-order valence-electron chi connectivity index (χ0n) is 10.4. The van der Waals surface area contributed by atoms with E-state index in [0.717, 1.165) is 0 Å². The molecule has 0 fully saturated rings. The summed E-state index contributed by atoms with van der Waals surface area (Å²) < 4.78 is 0. The van der Waals surface area contributed by atoms with E-state index in [1.54, 1.807) is 6.92 Å². The highest BCUT2D eigenvalue weighted by Gasteiger charge is 2.19. The maximum Gasteiger partial charge on any atom is 0.320 e. The van der Waals surface area contributed by atoms with Crippen LogP contribution in [0, 0.1) is 0 Å². The second-order valence-electron chi connectivity index (χ2n) is 4.21. The molecule has 4 heteroatoms. The minimum absolute atomic E-state index is 0. The highest BCUT2D eigenvalue weighted by atomic mass is 35.5. The molecule has 0 heterocycles. The number of carboxylic acid groups (broad SMARTS) is 1. The van der Waals surface area contributed by atoms with Crippen LogP contribution in [0.4, 0.5) is 0 Å². The molecular formula is C13H20ClNO2. The summed E-state index contributed by atoms with van der Waals surface area (Å²) in [5.74, 6) is -0.518. The lowest BCUT2D eigenvalue weighted by atomic mass is 9.94. The lowest BCUT2D eigenvalue weighted by Crippen LogP contribution is -2.42. The Morgan fingerprint density at radius 1 is 1.18 bits per heavy atom. The SMILES string of the molecule is CC(NC(C)C(C)c1ccccc1)C(=O)O.Cl. The Hall–Kier alpha value is -1.06. The first-order valence-electron chi connectivity index (χ1n) is 5.56. The third-order valence-corrected chi connectivity index (χ3v) is 2.96. The van der Waals surface area contributed by atoms with Gasteiger partial charge in [-0.2, -0.15) is 0 Å². The van der Waals surface area contributed by atoms with Gasteiger partial charge < -0.3 is 10.4 Å². The third-order valence-electron chi connectivity index (χ3n) is 2.96. The Morgan fingerprint density at radius 2 is 1.71 bits per heavy atom. The summed E-state index contributed by atoms with van der Waals surface area (Å²) in [4.78, 5) is 10.7. The molecule has 1 aromatic carbocycles. The van der Waals surface area contributed by atoms with E-state index in [1.165, 1.54) is 5.56 Å². The summed E-state index contributed by atoms with van der Waals surface area (Å²) in [7, 11) is 0. The van der Waals surface area contributed by atoms with Crippen molar-refractivity contribution in [3.8, 4) is 0 Å². The van der Waals surface area contributed by atoms with E-state index in [9.17, 15) is 4.79 Å². The normalized spacial score (nSPS) is 15.5. The molecule has 0 saturated heterocycles. The number of aliphatic carboxylic acids is 1. The monoisotopic (exact) mass is 257 g/mol. The zero-order chi connectivity index (χ0) is 12.1. The Labute approximate surface area is 109 Å². The van der Waals surface area contributed by atoms with Crippen molar-refractivity contribution in [1.29, 1.82) is 0 Å². The first-order valence-corrected chi connectivity index (χ1v) is 5.56. The fourth-order valence-corrected chi connectivity index (χ4v) is 1.66. The number of hydrogen-bond donors (Lipinski definition) is 2. The van der Waals surface area contributed by atoms with Gasteiger partial charge in [-0.25, -0.2) is 0 Å². The van der Waals surface area contributed by atoms with Gasteiger partial charge in [0.05, 0.1) is 0 Å². The molecule has 0 radical (unpaired) electrons. The molecule has 0 saturated carbocycles. The van der Waals surface area contributed by atoms with Crippen LogP contribution in [0.25, 0.3) is 0 Å². The molecule has 0 bridgehead atoms. The smallest absolute Gasteiger partial charge is 0.320 e. The van der Waals surface area contributed by atoms with Crippen LogP contribution in [0.3, 0.4) is 0 Å². The molecule has 0 spiro atoms. The molecule has 17 heavy (non-hydrogen) atoms. The fraction of sp³-hybridized carbons (Fsp3) is 0.462. The average molecular weight is 258 g/mol. The molecule has 2 N–H and O–H groups in total.